The zero-order chi connectivity index (χ0) is 13.5. The summed E-state index contributed by atoms with van der Waals surface area (Å²) in [7, 11) is 0. The predicted molar refractivity (Wildman–Crippen MR) is 80.4 cm³/mol. The maximum Gasteiger partial charge on any atom is 0.159 e. The van der Waals surface area contributed by atoms with Gasteiger partial charge in [0.05, 0.1) is 0 Å². The number of ketones is 1. The van der Waals surface area contributed by atoms with Gasteiger partial charge in [0, 0.05) is 17.8 Å². The van der Waals surface area contributed by atoms with Gasteiger partial charge in [-0.1, -0.05) is 54.6 Å². The number of carbonyl (C=O) groups is 1. The van der Waals surface area contributed by atoms with E-state index < -0.39 is 0 Å². The molecule has 0 fully saturated rings. The molecule has 2 nitrogen and oxygen atoms in total. The van der Waals surface area contributed by atoms with E-state index in [0.29, 0.717) is 0 Å². The van der Waals surface area contributed by atoms with Gasteiger partial charge in [0.25, 0.3) is 0 Å². The number of benzene rings is 2. The first-order valence-corrected chi connectivity index (χ1v) is 6.32. The van der Waals surface area contributed by atoms with Gasteiger partial charge < -0.3 is 5.32 Å². The van der Waals surface area contributed by atoms with Gasteiger partial charge in [-0.15, -0.1) is 0 Å². The molecule has 0 saturated carbocycles. The standard InChI is InChI=1S/C17H17NO/c1-14(19)16-10-5-11-17(13-16)18-12-6-9-15-7-3-2-4-8-15/h2-11,13,18H,12H2,1H3/b9-6+. The predicted octanol–water partition coefficient (Wildman–Crippen LogP) is 4.01. The van der Waals surface area contributed by atoms with Crippen molar-refractivity contribution in [3.05, 3.63) is 71.8 Å². The van der Waals surface area contributed by atoms with E-state index in [-0.39, 0.29) is 5.78 Å². The Morgan fingerprint density at radius 1 is 1.11 bits per heavy atom. The average molecular weight is 251 g/mol. The van der Waals surface area contributed by atoms with Crippen LogP contribution in [-0.2, 0) is 0 Å². The first kappa shape index (κ1) is 13.1. The summed E-state index contributed by atoms with van der Waals surface area (Å²) in [5.74, 6) is 0.0866. The van der Waals surface area contributed by atoms with E-state index in [4.69, 9.17) is 0 Å². The first-order valence-electron chi connectivity index (χ1n) is 6.32. The molecule has 19 heavy (non-hydrogen) atoms. The van der Waals surface area contributed by atoms with Crippen LogP contribution in [0.2, 0.25) is 0 Å². The van der Waals surface area contributed by atoms with Crippen LogP contribution in [0.5, 0.6) is 0 Å². The first-order chi connectivity index (χ1) is 9.25. The topological polar surface area (TPSA) is 29.1 Å². The van der Waals surface area contributed by atoms with Gasteiger partial charge in [-0.25, -0.2) is 0 Å². The summed E-state index contributed by atoms with van der Waals surface area (Å²) in [6.07, 6.45) is 4.14. The van der Waals surface area contributed by atoms with Gasteiger partial charge >= 0.3 is 0 Å². The smallest absolute Gasteiger partial charge is 0.159 e. The second-order valence-electron chi connectivity index (χ2n) is 4.33. The largest absolute Gasteiger partial charge is 0.382 e. The van der Waals surface area contributed by atoms with Gasteiger partial charge in [0.1, 0.15) is 0 Å². The van der Waals surface area contributed by atoms with E-state index in [1.165, 1.54) is 5.56 Å². The quantitative estimate of drug-likeness (QED) is 0.813. The van der Waals surface area contributed by atoms with Crippen LogP contribution >= 0.6 is 0 Å². The Labute approximate surface area is 113 Å². The molecule has 0 aliphatic heterocycles. The molecule has 0 atom stereocenters. The van der Waals surface area contributed by atoms with Crippen molar-refractivity contribution >= 4 is 17.5 Å². The van der Waals surface area contributed by atoms with Crippen molar-refractivity contribution in [2.75, 3.05) is 11.9 Å². The van der Waals surface area contributed by atoms with Crippen molar-refractivity contribution in [1.29, 1.82) is 0 Å². The van der Waals surface area contributed by atoms with E-state index >= 15 is 0 Å². The molecule has 0 aliphatic rings. The summed E-state index contributed by atoms with van der Waals surface area (Å²) in [5, 5.41) is 3.27. The van der Waals surface area contributed by atoms with Gasteiger partial charge in [-0.2, -0.15) is 0 Å². The minimum Gasteiger partial charge on any atom is -0.382 e. The lowest BCUT2D eigenvalue weighted by atomic mass is 10.1. The second kappa shape index (κ2) is 6.55. The number of anilines is 1. The molecule has 0 saturated heterocycles. The van der Waals surface area contributed by atoms with Gasteiger partial charge in [-0.3, -0.25) is 4.79 Å². The van der Waals surface area contributed by atoms with Crippen LogP contribution < -0.4 is 5.32 Å². The minimum absolute atomic E-state index is 0.0866. The molecule has 2 heteroatoms. The van der Waals surface area contributed by atoms with Crippen LogP contribution in [0, 0.1) is 0 Å². The minimum atomic E-state index is 0.0866. The molecule has 0 bridgehead atoms. The molecule has 0 spiro atoms. The van der Waals surface area contributed by atoms with Crippen molar-refractivity contribution in [2.45, 2.75) is 6.92 Å². The van der Waals surface area contributed by atoms with Crippen LogP contribution in [-0.4, -0.2) is 12.3 Å². The van der Waals surface area contributed by atoms with Crippen LogP contribution in [0.4, 0.5) is 5.69 Å². The highest BCUT2D eigenvalue weighted by Gasteiger charge is 1.98. The third-order valence-electron chi connectivity index (χ3n) is 2.80. The van der Waals surface area contributed by atoms with Crippen molar-refractivity contribution < 1.29 is 4.79 Å². The Morgan fingerprint density at radius 2 is 1.89 bits per heavy atom. The van der Waals surface area contributed by atoms with E-state index in [1.54, 1.807) is 6.92 Å². The van der Waals surface area contributed by atoms with Gasteiger partial charge in [-0.05, 0) is 24.6 Å². The summed E-state index contributed by atoms with van der Waals surface area (Å²) in [5.41, 5.74) is 2.88. The number of carbonyl (C=O) groups excluding carboxylic acids is 1. The Kier molecular flexibility index (Phi) is 4.51. The summed E-state index contributed by atoms with van der Waals surface area (Å²) in [6, 6.07) is 17.7. The number of nitrogens with one attached hydrogen (secondary N) is 1. The molecule has 2 rings (SSSR count). The van der Waals surface area contributed by atoms with E-state index in [2.05, 4.69) is 29.6 Å². The van der Waals surface area contributed by atoms with Crippen molar-refractivity contribution in [2.24, 2.45) is 0 Å². The van der Waals surface area contributed by atoms with Gasteiger partial charge in [0.15, 0.2) is 5.78 Å². The van der Waals surface area contributed by atoms with Crippen molar-refractivity contribution in [3.8, 4) is 0 Å². The molecule has 0 heterocycles. The SMILES string of the molecule is CC(=O)c1cccc(NC/C=C/c2ccccc2)c1. The van der Waals surface area contributed by atoms with Crippen LogP contribution in [0.3, 0.4) is 0 Å². The maximum absolute atomic E-state index is 11.3. The Morgan fingerprint density at radius 3 is 2.63 bits per heavy atom. The zero-order valence-corrected chi connectivity index (χ0v) is 11.0. The molecule has 1 N–H and O–H groups in total. The Balaban J connectivity index is 1.91. The fourth-order valence-corrected chi connectivity index (χ4v) is 1.78. The summed E-state index contributed by atoms with van der Waals surface area (Å²) >= 11 is 0. The molecule has 0 unspecified atom stereocenters. The summed E-state index contributed by atoms with van der Waals surface area (Å²) in [4.78, 5) is 11.3. The molecular formula is C17H17NO. The zero-order valence-electron chi connectivity index (χ0n) is 11.0. The van der Waals surface area contributed by atoms with Gasteiger partial charge in [0.2, 0.25) is 0 Å². The summed E-state index contributed by atoms with van der Waals surface area (Å²) < 4.78 is 0. The second-order valence-corrected chi connectivity index (χ2v) is 4.33. The fourth-order valence-electron chi connectivity index (χ4n) is 1.78. The highest BCUT2D eigenvalue weighted by Crippen LogP contribution is 2.11. The molecule has 0 aliphatic carbocycles. The Hall–Kier alpha value is -2.35. The van der Waals surface area contributed by atoms with E-state index in [0.717, 1.165) is 17.8 Å². The Bertz CT molecular complexity index is 573. The normalized spacial score (nSPS) is 10.6. The summed E-state index contributed by atoms with van der Waals surface area (Å²) in [6.45, 7) is 2.31. The number of hydrogen-bond acceptors (Lipinski definition) is 2. The van der Waals surface area contributed by atoms with Crippen LogP contribution in [0.1, 0.15) is 22.8 Å². The maximum atomic E-state index is 11.3. The van der Waals surface area contributed by atoms with Crippen LogP contribution in [0.25, 0.3) is 6.08 Å². The number of Topliss-reactive ketones (excluding diaryl/α,β-unsaturated/α-hetero) is 1. The highest BCUT2D eigenvalue weighted by atomic mass is 16.1. The molecule has 0 radical (unpaired) electrons. The molecule has 2 aromatic carbocycles. The third-order valence-corrected chi connectivity index (χ3v) is 2.80. The molecule has 0 aromatic heterocycles. The van der Waals surface area contributed by atoms with Crippen LogP contribution in [0.15, 0.2) is 60.7 Å². The highest BCUT2D eigenvalue weighted by molar-refractivity contribution is 5.94. The fraction of sp³-hybridized carbons (Fsp3) is 0.118. The average Bonchev–Trinajstić information content (AvgIpc) is 2.45. The molecule has 0 amide bonds. The lowest BCUT2D eigenvalue weighted by molar-refractivity contribution is 0.101. The van der Waals surface area contributed by atoms with E-state index in [1.807, 2.05) is 42.5 Å². The van der Waals surface area contributed by atoms with Crippen molar-refractivity contribution in [1.82, 2.24) is 0 Å². The number of rotatable bonds is 5. The lowest BCUT2D eigenvalue weighted by Crippen LogP contribution is -2.00. The monoisotopic (exact) mass is 251 g/mol. The van der Waals surface area contributed by atoms with Crippen molar-refractivity contribution in [3.63, 3.8) is 0 Å². The lowest BCUT2D eigenvalue weighted by Gasteiger charge is -2.04. The molecular weight excluding hydrogens is 234 g/mol. The molecule has 96 valence electrons. The third kappa shape index (κ3) is 4.11. The number of hydrogen-bond donors (Lipinski definition) is 1. The van der Waals surface area contributed by atoms with E-state index in [9.17, 15) is 4.79 Å². The molecule has 2 aromatic rings.